The minimum absolute atomic E-state index is 0.106. The van der Waals surface area contributed by atoms with Gasteiger partial charge in [-0.15, -0.1) is 11.3 Å². The van der Waals surface area contributed by atoms with E-state index in [-0.39, 0.29) is 5.91 Å². The number of hydrogen-bond donors (Lipinski definition) is 0. The van der Waals surface area contributed by atoms with Crippen LogP contribution in [-0.4, -0.2) is 15.9 Å². The number of hydrogen-bond acceptors (Lipinski definition) is 5. The van der Waals surface area contributed by atoms with Crippen LogP contribution in [0.4, 0.5) is 5.13 Å². The Morgan fingerprint density at radius 1 is 1.22 bits per heavy atom. The number of nitrogens with zero attached hydrogens (tertiary/aromatic N) is 3. The molecular formula is C20H14BrN3OS2. The van der Waals surface area contributed by atoms with Gasteiger partial charge in [-0.1, -0.05) is 39.4 Å². The number of thiophene rings is 1. The monoisotopic (exact) mass is 455 g/mol. The molecule has 0 N–H and O–H groups in total. The van der Waals surface area contributed by atoms with E-state index in [2.05, 4.69) is 25.9 Å². The van der Waals surface area contributed by atoms with Crippen LogP contribution >= 0.6 is 38.6 Å². The minimum atomic E-state index is -0.106. The predicted octanol–water partition coefficient (Wildman–Crippen LogP) is 5.76. The molecule has 3 heterocycles. The Kier molecular flexibility index (Phi) is 5.42. The lowest BCUT2D eigenvalue weighted by Crippen LogP contribution is -2.28. The lowest BCUT2D eigenvalue weighted by molar-refractivity contribution is -0.114. The first-order valence-electron chi connectivity index (χ1n) is 8.17. The van der Waals surface area contributed by atoms with E-state index in [1.807, 2.05) is 53.9 Å². The zero-order valence-corrected chi connectivity index (χ0v) is 17.3. The second-order valence-corrected chi connectivity index (χ2v) is 8.65. The number of fused-ring (bicyclic) bond motifs is 1. The van der Waals surface area contributed by atoms with Gasteiger partial charge in [0.2, 0.25) is 0 Å². The normalized spacial score (nSPS) is 11.3. The summed E-state index contributed by atoms with van der Waals surface area (Å²) in [6.07, 6.45) is 6.94. The zero-order valence-electron chi connectivity index (χ0n) is 14.1. The molecule has 0 fully saturated rings. The molecule has 3 aromatic heterocycles. The van der Waals surface area contributed by atoms with E-state index in [9.17, 15) is 4.79 Å². The molecule has 0 aliphatic heterocycles. The highest BCUT2D eigenvalue weighted by Crippen LogP contribution is 2.32. The van der Waals surface area contributed by atoms with Gasteiger partial charge in [0.15, 0.2) is 5.13 Å². The highest BCUT2D eigenvalue weighted by molar-refractivity contribution is 9.10. The van der Waals surface area contributed by atoms with E-state index in [4.69, 9.17) is 0 Å². The van der Waals surface area contributed by atoms with Gasteiger partial charge in [0.1, 0.15) is 0 Å². The average Bonchev–Trinajstić information content (AvgIpc) is 3.34. The van der Waals surface area contributed by atoms with Crippen molar-refractivity contribution in [3.63, 3.8) is 0 Å². The van der Waals surface area contributed by atoms with Crippen LogP contribution < -0.4 is 4.90 Å². The number of aromatic nitrogens is 2. The van der Waals surface area contributed by atoms with Crippen LogP contribution in [0.2, 0.25) is 0 Å². The van der Waals surface area contributed by atoms with Crippen molar-refractivity contribution >= 4 is 65.9 Å². The molecule has 0 atom stereocenters. The second-order valence-electron chi connectivity index (χ2n) is 5.74. The van der Waals surface area contributed by atoms with Crippen LogP contribution in [0.25, 0.3) is 16.3 Å². The Morgan fingerprint density at radius 3 is 2.93 bits per heavy atom. The standard InChI is InChI=1S/C20H14BrN3OS2/c21-15-5-7-17-18(11-15)27-20(23-17)24(13-14-3-1-9-22-12-14)19(25)8-6-16-4-2-10-26-16/h1-12H,13H2/b8-6+. The topological polar surface area (TPSA) is 46.1 Å². The van der Waals surface area contributed by atoms with E-state index in [0.717, 1.165) is 25.1 Å². The highest BCUT2D eigenvalue weighted by Gasteiger charge is 2.18. The van der Waals surface area contributed by atoms with Gasteiger partial charge >= 0.3 is 0 Å². The number of carbonyl (C=O) groups excluding carboxylic acids is 1. The van der Waals surface area contributed by atoms with E-state index < -0.39 is 0 Å². The quantitative estimate of drug-likeness (QED) is 0.359. The van der Waals surface area contributed by atoms with Gasteiger partial charge in [0, 0.05) is 27.8 Å². The van der Waals surface area contributed by atoms with Crippen molar-refractivity contribution < 1.29 is 4.79 Å². The summed E-state index contributed by atoms with van der Waals surface area (Å²) in [6, 6.07) is 13.7. The van der Waals surface area contributed by atoms with Gasteiger partial charge in [-0.05, 0) is 47.4 Å². The molecule has 4 nitrogen and oxygen atoms in total. The summed E-state index contributed by atoms with van der Waals surface area (Å²) >= 11 is 6.59. The number of carbonyl (C=O) groups is 1. The fraction of sp³-hybridized carbons (Fsp3) is 0.0500. The number of amides is 1. The first kappa shape index (κ1) is 18.0. The van der Waals surface area contributed by atoms with Gasteiger partial charge in [0.05, 0.1) is 16.8 Å². The average molecular weight is 456 g/mol. The van der Waals surface area contributed by atoms with Crippen molar-refractivity contribution in [2.75, 3.05) is 4.90 Å². The van der Waals surface area contributed by atoms with Crippen molar-refractivity contribution in [1.29, 1.82) is 0 Å². The van der Waals surface area contributed by atoms with Crippen LogP contribution in [-0.2, 0) is 11.3 Å². The molecule has 0 saturated heterocycles. The second kappa shape index (κ2) is 8.12. The summed E-state index contributed by atoms with van der Waals surface area (Å²) < 4.78 is 2.03. The van der Waals surface area contributed by atoms with Gasteiger partial charge < -0.3 is 0 Å². The third kappa shape index (κ3) is 4.32. The molecular weight excluding hydrogens is 442 g/mol. The Labute approximate surface area is 173 Å². The highest BCUT2D eigenvalue weighted by atomic mass is 79.9. The molecule has 0 saturated carbocycles. The summed E-state index contributed by atoms with van der Waals surface area (Å²) in [4.78, 5) is 24.5. The first-order valence-corrected chi connectivity index (χ1v) is 10.7. The zero-order chi connectivity index (χ0) is 18.6. The third-order valence-corrected chi connectivity index (χ3v) is 6.20. The van der Waals surface area contributed by atoms with Crippen LogP contribution in [0, 0.1) is 0 Å². The first-order chi connectivity index (χ1) is 13.2. The third-order valence-electron chi connectivity index (χ3n) is 3.83. The Hall–Kier alpha value is -2.35. The maximum atomic E-state index is 13.0. The van der Waals surface area contributed by atoms with Crippen molar-refractivity contribution in [2.24, 2.45) is 0 Å². The van der Waals surface area contributed by atoms with Crippen molar-refractivity contribution in [3.05, 3.63) is 81.2 Å². The van der Waals surface area contributed by atoms with E-state index >= 15 is 0 Å². The predicted molar refractivity (Wildman–Crippen MR) is 116 cm³/mol. The van der Waals surface area contributed by atoms with Crippen molar-refractivity contribution in [2.45, 2.75) is 6.54 Å². The summed E-state index contributed by atoms with van der Waals surface area (Å²) in [5, 5.41) is 2.66. The Bertz CT molecular complexity index is 1090. The van der Waals surface area contributed by atoms with Crippen LogP contribution in [0.1, 0.15) is 10.4 Å². The number of thiazole rings is 1. The lowest BCUT2D eigenvalue weighted by Gasteiger charge is -2.18. The van der Waals surface area contributed by atoms with Gasteiger partial charge in [-0.25, -0.2) is 4.98 Å². The van der Waals surface area contributed by atoms with Gasteiger partial charge in [-0.2, -0.15) is 0 Å². The fourth-order valence-electron chi connectivity index (χ4n) is 2.55. The number of halogens is 1. The maximum absolute atomic E-state index is 13.0. The number of anilines is 1. The summed E-state index contributed by atoms with van der Waals surface area (Å²) in [5.74, 6) is -0.106. The van der Waals surface area contributed by atoms with Gasteiger partial charge in [-0.3, -0.25) is 14.7 Å². The molecule has 0 radical (unpaired) electrons. The van der Waals surface area contributed by atoms with E-state index in [0.29, 0.717) is 11.7 Å². The van der Waals surface area contributed by atoms with Crippen molar-refractivity contribution in [1.82, 2.24) is 9.97 Å². The van der Waals surface area contributed by atoms with Crippen LogP contribution in [0.3, 0.4) is 0 Å². The molecule has 134 valence electrons. The lowest BCUT2D eigenvalue weighted by atomic mass is 10.2. The van der Waals surface area contributed by atoms with Crippen molar-refractivity contribution in [3.8, 4) is 0 Å². The maximum Gasteiger partial charge on any atom is 0.253 e. The van der Waals surface area contributed by atoms with Crippen LogP contribution in [0.5, 0.6) is 0 Å². The van der Waals surface area contributed by atoms with E-state index in [1.54, 1.807) is 34.7 Å². The summed E-state index contributed by atoms with van der Waals surface area (Å²) in [6.45, 7) is 0.419. The molecule has 1 amide bonds. The number of benzene rings is 1. The number of rotatable bonds is 5. The molecule has 7 heteroatoms. The molecule has 4 rings (SSSR count). The molecule has 0 bridgehead atoms. The molecule has 0 unspecified atom stereocenters. The largest absolute Gasteiger partial charge is 0.280 e. The molecule has 0 aliphatic rings. The van der Waals surface area contributed by atoms with E-state index in [1.165, 1.54) is 11.3 Å². The Balaban J connectivity index is 1.68. The molecule has 1 aromatic carbocycles. The molecule has 0 aliphatic carbocycles. The SMILES string of the molecule is O=C(/C=C/c1cccs1)N(Cc1cccnc1)c1nc2ccc(Br)cc2s1. The number of pyridine rings is 1. The smallest absolute Gasteiger partial charge is 0.253 e. The minimum Gasteiger partial charge on any atom is -0.280 e. The van der Waals surface area contributed by atoms with Gasteiger partial charge in [0.25, 0.3) is 5.91 Å². The summed E-state index contributed by atoms with van der Waals surface area (Å²) in [7, 11) is 0. The van der Waals surface area contributed by atoms with Crippen LogP contribution in [0.15, 0.2) is 70.8 Å². The molecule has 27 heavy (non-hydrogen) atoms. The fourth-order valence-corrected chi connectivity index (χ4v) is 4.69. The molecule has 4 aromatic rings. The Morgan fingerprint density at radius 2 is 2.15 bits per heavy atom. The molecule has 0 spiro atoms. The summed E-state index contributed by atoms with van der Waals surface area (Å²) in [5.41, 5.74) is 1.83.